The second-order valence-corrected chi connectivity index (χ2v) is 8.08. The molecule has 2 atom stereocenters. The third kappa shape index (κ3) is 2.58. The molecular weight excluding hydrogens is 407 g/mol. The normalized spacial score (nSPS) is 22.4. The molecule has 1 N–H and O–H groups in total. The Balaban J connectivity index is 1.68. The van der Waals surface area contributed by atoms with Gasteiger partial charge < -0.3 is 10.2 Å². The van der Waals surface area contributed by atoms with Crippen molar-refractivity contribution in [1.29, 1.82) is 0 Å². The highest BCUT2D eigenvalue weighted by atomic mass is 35.5. The minimum atomic E-state index is -0.967. The SMILES string of the molecule is Cn1cc(Cl)c(C(=O)N2CC[C@]3(C(=O)Nc4ccccc43)[C@@H]2c2ccc(F)cc2)n1. The maximum Gasteiger partial charge on any atom is 0.276 e. The summed E-state index contributed by atoms with van der Waals surface area (Å²) in [4.78, 5) is 28.4. The fourth-order valence-electron chi connectivity index (χ4n) is 4.75. The van der Waals surface area contributed by atoms with E-state index < -0.39 is 11.5 Å². The van der Waals surface area contributed by atoms with Crippen LogP contribution in [0.3, 0.4) is 0 Å². The maximum absolute atomic E-state index is 13.6. The molecule has 0 radical (unpaired) electrons. The molecule has 6 nitrogen and oxygen atoms in total. The Kier molecular flexibility index (Phi) is 4.18. The number of hydrogen-bond acceptors (Lipinski definition) is 3. The number of rotatable bonds is 2. The summed E-state index contributed by atoms with van der Waals surface area (Å²) < 4.78 is 15.1. The van der Waals surface area contributed by atoms with Gasteiger partial charge in [0.1, 0.15) is 11.2 Å². The van der Waals surface area contributed by atoms with E-state index in [0.29, 0.717) is 18.5 Å². The molecule has 0 unspecified atom stereocenters. The molecule has 2 aromatic carbocycles. The zero-order valence-electron chi connectivity index (χ0n) is 16.1. The molecule has 1 fully saturated rings. The quantitative estimate of drug-likeness (QED) is 0.682. The molecule has 0 aliphatic carbocycles. The van der Waals surface area contributed by atoms with Crippen LogP contribution in [0.15, 0.2) is 54.7 Å². The van der Waals surface area contributed by atoms with E-state index >= 15 is 0 Å². The highest BCUT2D eigenvalue weighted by molar-refractivity contribution is 6.33. The second-order valence-electron chi connectivity index (χ2n) is 7.67. The van der Waals surface area contributed by atoms with Gasteiger partial charge in [0.05, 0.1) is 11.1 Å². The van der Waals surface area contributed by atoms with E-state index in [1.54, 1.807) is 30.3 Å². The van der Waals surface area contributed by atoms with Crippen molar-refractivity contribution in [3.63, 3.8) is 0 Å². The summed E-state index contributed by atoms with van der Waals surface area (Å²) in [6.07, 6.45) is 2.00. The van der Waals surface area contributed by atoms with Crippen LogP contribution >= 0.6 is 11.6 Å². The number of anilines is 1. The standard InChI is InChI=1S/C22H18ClFN4O2/c1-27-12-16(23)18(26-27)20(29)28-11-10-22(19(28)13-6-8-14(24)9-7-13)15-4-2-3-5-17(15)25-21(22)30/h2-9,12,19H,10-11H2,1H3,(H,25,30)/t19-,22+/m0/s1. The molecule has 1 saturated heterocycles. The van der Waals surface area contributed by atoms with Crippen molar-refractivity contribution in [3.8, 4) is 0 Å². The van der Waals surface area contributed by atoms with Crippen LogP contribution in [-0.2, 0) is 17.3 Å². The Morgan fingerprint density at radius 1 is 1.23 bits per heavy atom. The van der Waals surface area contributed by atoms with Gasteiger partial charge in [-0.1, -0.05) is 41.9 Å². The van der Waals surface area contributed by atoms with Crippen LogP contribution in [0.2, 0.25) is 5.02 Å². The van der Waals surface area contributed by atoms with Crippen LogP contribution in [0.25, 0.3) is 0 Å². The smallest absolute Gasteiger partial charge is 0.276 e. The first kappa shape index (κ1) is 18.8. The van der Waals surface area contributed by atoms with E-state index in [1.807, 2.05) is 24.3 Å². The molecule has 1 aromatic heterocycles. The number of nitrogens with zero attached hydrogens (tertiary/aromatic N) is 3. The summed E-state index contributed by atoms with van der Waals surface area (Å²) in [5, 5.41) is 7.42. The molecule has 2 aliphatic heterocycles. The van der Waals surface area contributed by atoms with Gasteiger partial charge in [-0.2, -0.15) is 5.10 Å². The average Bonchev–Trinajstić information content (AvgIpc) is 3.37. The van der Waals surface area contributed by atoms with Crippen LogP contribution in [0.4, 0.5) is 10.1 Å². The second kappa shape index (κ2) is 6.67. The van der Waals surface area contributed by atoms with E-state index in [9.17, 15) is 14.0 Å². The highest BCUT2D eigenvalue weighted by Crippen LogP contribution is 2.55. The number of likely N-dealkylation sites (tertiary alicyclic amines) is 1. The Hall–Kier alpha value is -3.19. The molecule has 0 saturated carbocycles. The third-order valence-electron chi connectivity index (χ3n) is 6.02. The van der Waals surface area contributed by atoms with Gasteiger partial charge >= 0.3 is 0 Å². The number of aromatic nitrogens is 2. The number of benzene rings is 2. The predicted octanol–water partition coefficient (Wildman–Crippen LogP) is 3.69. The lowest BCUT2D eigenvalue weighted by Crippen LogP contribution is -2.42. The van der Waals surface area contributed by atoms with Crippen molar-refractivity contribution < 1.29 is 14.0 Å². The monoisotopic (exact) mass is 424 g/mol. The van der Waals surface area contributed by atoms with E-state index in [1.165, 1.54) is 16.8 Å². The van der Waals surface area contributed by atoms with Crippen molar-refractivity contribution >= 4 is 29.1 Å². The highest BCUT2D eigenvalue weighted by Gasteiger charge is 2.59. The van der Waals surface area contributed by atoms with Crippen LogP contribution < -0.4 is 5.32 Å². The number of carbonyl (C=O) groups is 2. The van der Waals surface area contributed by atoms with E-state index in [2.05, 4.69) is 10.4 Å². The van der Waals surface area contributed by atoms with Gasteiger partial charge in [-0.05, 0) is 35.7 Å². The fraction of sp³-hybridized carbons (Fsp3) is 0.227. The Morgan fingerprint density at radius 2 is 1.97 bits per heavy atom. The van der Waals surface area contributed by atoms with E-state index in [4.69, 9.17) is 11.6 Å². The van der Waals surface area contributed by atoms with Crippen molar-refractivity contribution in [2.75, 3.05) is 11.9 Å². The van der Waals surface area contributed by atoms with Gasteiger partial charge in [0.25, 0.3) is 5.91 Å². The zero-order chi connectivity index (χ0) is 21.0. The average molecular weight is 425 g/mol. The number of fused-ring (bicyclic) bond motifs is 2. The summed E-state index contributed by atoms with van der Waals surface area (Å²) in [7, 11) is 1.69. The van der Waals surface area contributed by atoms with Gasteiger partial charge in [-0.3, -0.25) is 14.3 Å². The molecule has 2 aliphatic rings. The van der Waals surface area contributed by atoms with Crippen molar-refractivity contribution in [1.82, 2.24) is 14.7 Å². The van der Waals surface area contributed by atoms with Crippen LogP contribution in [-0.4, -0.2) is 33.0 Å². The van der Waals surface area contributed by atoms with Crippen LogP contribution in [0, 0.1) is 5.82 Å². The van der Waals surface area contributed by atoms with E-state index in [-0.39, 0.29) is 28.3 Å². The number of carbonyl (C=O) groups excluding carboxylic acids is 2. The minimum Gasteiger partial charge on any atom is -0.329 e. The first-order chi connectivity index (χ1) is 14.4. The summed E-state index contributed by atoms with van der Waals surface area (Å²) in [6.45, 7) is 0.343. The lowest BCUT2D eigenvalue weighted by molar-refractivity contribution is -0.121. The van der Waals surface area contributed by atoms with Crippen molar-refractivity contribution in [2.45, 2.75) is 17.9 Å². The number of nitrogens with one attached hydrogen (secondary N) is 1. The van der Waals surface area contributed by atoms with E-state index in [0.717, 1.165) is 11.3 Å². The molecule has 5 rings (SSSR count). The van der Waals surface area contributed by atoms with Gasteiger partial charge in [0.2, 0.25) is 5.91 Å². The fourth-order valence-corrected chi connectivity index (χ4v) is 5.01. The molecule has 3 aromatic rings. The van der Waals surface area contributed by atoms with Gasteiger partial charge in [-0.25, -0.2) is 4.39 Å². The minimum absolute atomic E-state index is 0.134. The summed E-state index contributed by atoms with van der Waals surface area (Å²) in [5.41, 5.74) is 1.42. The lowest BCUT2D eigenvalue weighted by Gasteiger charge is -2.34. The molecule has 152 valence electrons. The Morgan fingerprint density at radius 3 is 2.67 bits per heavy atom. The zero-order valence-corrected chi connectivity index (χ0v) is 16.9. The first-order valence-corrected chi connectivity index (χ1v) is 9.96. The first-order valence-electron chi connectivity index (χ1n) is 9.58. The number of aryl methyl sites for hydroxylation is 1. The molecule has 30 heavy (non-hydrogen) atoms. The molecule has 2 amide bonds. The molecule has 8 heteroatoms. The number of halogens is 2. The van der Waals surface area contributed by atoms with Crippen molar-refractivity contribution in [3.05, 3.63) is 82.4 Å². The summed E-state index contributed by atoms with van der Waals surface area (Å²) >= 11 is 6.23. The largest absolute Gasteiger partial charge is 0.329 e. The summed E-state index contributed by atoms with van der Waals surface area (Å²) in [6, 6.07) is 12.8. The predicted molar refractivity (Wildman–Crippen MR) is 110 cm³/mol. The van der Waals surface area contributed by atoms with Crippen molar-refractivity contribution in [2.24, 2.45) is 7.05 Å². The molecule has 3 heterocycles. The number of amides is 2. The summed E-state index contributed by atoms with van der Waals surface area (Å²) in [5.74, 6) is -0.905. The van der Waals surface area contributed by atoms with Gasteiger partial charge in [0.15, 0.2) is 5.69 Å². The van der Waals surface area contributed by atoms with Crippen LogP contribution in [0.5, 0.6) is 0 Å². The van der Waals surface area contributed by atoms with Crippen LogP contribution in [0.1, 0.15) is 34.1 Å². The topological polar surface area (TPSA) is 67.2 Å². The lowest BCUT2D eigenvalue weighted by atomic mass is 9.72. The maximum atomic E-state index is 13.6. The molecule has 1 spiro atoms. The Labute approximate surface area is 177 Å². The van der Waals surface area contributed by atoms with Gasteiger partial charge in [0, 0.05) is 25.5 Å². The molecule has 0 bridgehead atoms. The van der Waals surface area contributed by atoms with Gasteiger partial charge in [-0.15, -0.1) is 0 Å². The molecular formula is C22H18ClFN4O2. The third-order valence-corrected chi connectivity index (χ3v) is 6.30. The number of hydrogen-bond donors (Lipinski definition) is 1. The Bertz CT molecular complexity index is 1180. The number of para-hydroxylation sites is 1.